The SMILES string of the molecule is C.Cc1cc(C)c2oc(-c3ccc(C)c(NC(=O)c4cccc5ccccc45)c3)nc2c1. The molecule has 0 bridgehead atoms. The Balaban J connectivity index is 0.00000245. The second-order valence-corrected chi connectivity index (χ2v) is 7.96. The van der Waals surface area contributed by atoms with E-state index < -0.39 is 0 Å². The number of hydrogen-bond acceptors (Lipinski definition) is 3. The number of aryl methyl sites for hydroxylation is 3. The Morgan fingerprint density at radius 1 is 0.875 bits per heavy atom. The smallest absolute Gasteiger partial charge is 0.256 e. The number of nitrogens with zero attached hydrogens (tertiary/aromatic N) is 1. The van der Waals surface area contributed by atoms with E-state index in [0.717, 1.165) is 49.8 Å². The highest BCUT2D eigenvalue weighted by atomic mass is 16.3. The Bertz CT molecular complexity index is 1460. The molecule has 0 atom stereocenters. The lowest BCUT2D eigenvalue weighted by Gasteiger charge is -2.11. The molecule has 32 heavy (non-hydrogen) atoms. The highest BCUT2D eigenvalue weighted by molar-refractivity contribution is 6.13. The van der Waals surface area contributed by atoms with Crippen LogP contribution in [0.1, 0.15) is 34.5 Å². The van der Waals surface area contributed by atoms with Crippen LogP contribution in [0.3, 0.4) is 0 Å². The van der Waals surface area contributed by atoms with Gasteiger partial charge in [-0.15, -0.1) is 0 Å². The van der Waals surface area contributed by atoms with E-state index in [2.05, 4.69) is 16.4 Å². The van der Waals surface area contributed by atoms with Crippen LogP contribution in [0.25, 0.3) is 33.3 Å². The lowest BCUT2D eigenvalue weighted by Crippen LogP contribution is -2.13. The topological polar surface area (TPSA) is 55.1 Å². The number of carbonyl (C=O) groups is 1. The van der Waals surface area contributed by atoms with Gasteiger partial charge in [0.25, 0.3) is 5.91 Å². The van der Waals surface area contributed by atoms with Crippen LogP contribution >= 0.6 is 0 Å². The zero-order valence-electron chi connectivity index (χ0n) is 17.7. The van der Waals surface area contributed by atoms with Gasteiger partial charge in [-0.25, -0.2) is 4.98 Å². The van der Waals surface area contributed by atoms with Crippen molar-refractivity contribution in [1.82, 2.24) is 4.98 Å². The molecule has 0 aliphatic rings. The number of rotatable bonds is 3. The second kappa shape index (κ2) is 8.31. The fourth-order valence-electron chi connectivity index (χ4n) is 4.00. The first-order chi connectivity index (χ1) is 15.0. The molecule has 4 aromatic carbocycles. The van der Waals surface area contributed by atoms with Crippen molar-refractivity contribution < 1.29 is 9.21 Å². The molecule has 5 rings (SSSR count). The highest BCUT2D eigenvalue weighted by Gasteiger charge is 2.15. The molecule has 160 valence electrons. The Morgan fingerprint density at radius 2 is 1.66 bits per heavy atom. The predicted octanol–water partition coefficient (Wildman–Crippen LogP) is 7.46. The number of aromatic nitrogens is 1. The summed E-state index contributed by atoms with van der Waals surface area (Å²) in [4.78, 5) is 17.8. The van der Waals surface area contributed by atoms with Gasteiger partial charge in [0, 0.05) is 16.8 Å². The van der Waals surface area contributed by atoms with Gasteiger partial charge < -0.3 is 9.73 Å². The Kier molecular flexibility index (Phi) is 5.54. The number of amides is 1. The van der Waals surface area contributed by atoms with E-state index in [-0.39, 0.29) is 13.3 Å². The quantitative estimate of drug-likeness (QED) is 0.328. The van der Waals surface area contributed by atoms with E-state index in [0.29, 0.717) is 11.5 Å². The highest BCUT2D eigenvalue weighted by Crippen LogP contribution is 2.30. The van der Waals surface area contributed by atoms with Gasteiger partial charge in [0.05, 0.1) is 0 Å². The minimum absolute atomic E-state index is 0. The summed E-state index contributed by atoms with van der Waals surface area (Å²) in [6.07, 6.45) is 0. The van der Waals surface area contributed by atoms with Crippen LogP contribution in [0.2, 0.25) is 0 Å². The van der Waals surface area contributed by atoms with Crippen LogP contribution in [-0.2, 0) is 0 Å². The first-order valence-corrected chi connectivity index (χ1v) is 10.3. The standard InChI is InChI=1S/C27H22N2O2.CH4/c1-16-13-18(3)25-24(14-16)29-27(31-25)20-12-11-17(2)23(15-20)28-26(30)22-10-6-8-19-7-4-5-9-21(19)22;/h4-15H,1-3H3,(H,28,30);1H4. The van der Waals surface area contributed by atoms with Crippen LogP contribution in [0.5, 0.6) is 0 Å². The van der Waals surface area contributed by atoms with E-state index in [1.807, 2.05) is 87.5 Å². The van der Waals surface area contributed by atoms with E-state index in [1.165, 1.54) is 0 Å². The van der Waals surface area contributed by atoms with Crippen molar-refractivity contribution in [2.75, 3.05) is 5.32 Å². The summed E-state index contributed by atoms with van der Waals surface area (Å²) in [5, 5.41) is 5.05. The third-order valence-electron chi connectivity index (χ3n) is 5.59. The summed E-state index contributed by atoms with van der Waals surface area (Å²) in [7, 11) is 0. The molecule has 0 aliphatic heterocycles. The molecule has 1 N–H and O–H groups in total. The van der Waals surface area contributed by atoms with E-state index in [9.17, 15) is 4.79 Å². The first kappa shape index (κ1) is 21.3. The third-order valence-corrected chi connectivity index (χ3v) is 5.59. The van der Waals surface area contributed by atoms with Gasteiger partial charge in [-0.3, -0.25) is 4.79 Å². The number of nitrogens with one attached hydrogen (secondary N) is 1. The first-order valence-electron chi connectivity index (χ1n) is 10.3. The fourth-order valence-corrected chi connectivity index (χ4v) is 4.00. The molecule has 4 nitrogen and oxygen atoms in total. The molecule has 5 aromatic rings. The number of anilines is 1. The van der Waals surface area contributed by atoms with Crippen LogP contribution < -0.4 is 5.32 Å². The molecule has 0 unspecified atom stereocenters. The molecule has 1 amide bonds. The minimum Gasteiger partial charge on any atom is -0.436 e. The number of hydrogen-bond donors (Lipinski definition) is 1. The van der Waals surface area contributed by atoms with Crippen molar-refractivity contribution in [2.45, 2.75) is 28.2 Å². The molecule has 0 radical (unpaired) electrons. The zero-order chi connectivity index (χ0) is 21.5. The van der Waals surface area contributed by atoms with Gasteiger partial charge in [-0.05, 0) is 72.5 Å². The summed E-state index contributed by atoms with van der Waals surface area (Å²) >= 11 is 0. The Morgan fingerprint density at radius 3 is 2.50 bits per heavy atom. The monoisotopic (exact) mass is 422 g/mol. The number of carbonyl (C=O) groups excluding carboxylic acids is 1. The van der Waals surface area contributed by atoms with E-state index in [1.54, 1.807) is 0 Å². The van der Waals surface area contributed by atoms with Gasteiger partial charge in [0.2, 0.25) is 5.89 Å². The number of fused-ring (bicyclic) bond motifs is 2. The molecule has 0 saturated heterocycles. The van der Waals surface area contributed by atoms with Crippen molar-refractivity contribution in [1.29, 1.82) is 0 Å². The van der Waals surface area contributed by atoms with E-state index >= 15 is 0 Å². The Hall–Kier alpha value is -3.92. The molecule has 4 heteroatoms. The van der Waals surface area contributed by atoms with Crippen LogP contribution in [0.4, 0.5) is 5.69 Å². The minimum atomic E-state index is -0.138. The van der Waals surface area contributed by atoms with Gasteiger partial charge >= 0.3 is 0 Å². The van der Waals surface area contributed by atoms with Crippen molar-refractivity contribution in [3.05, 3.63) is 95.1 Å². The summed E-state index contributed by atoms with van der Waals surface area (Å²) in [5.41, 5.74) is 7.04. The summed E-state index contributed by atoms with van der Waals surface area (Å²) < 4.78 is 6.06. The average Bonchev–Trinajstić information content (AvgIpc) is 3.19. The maximum Gasteiger partial charge on any atom is 0.256 e. The Labute approximate surface area is 187 Å². The lowest BCUT2D eigenvalue weighted by molar-refractivity contribution is 0.102. The van der Waals surface area contributed by atoms with Crippen LogP contribution in [0, 0.1) is 20.8 Å². The van der Waals surface area contributed by atoms with Crippen molar-refractivity contribution >= 4 is 33.5 Å². The average molecular weight is 423 g/mol. The molecule has 0 aliphatic carbocycles. The molecule has 0 saturated carbocycles. The normalized spacial score (nSPS) is 10.8. The molecular weight excluding hydrogens is 396 g/mol. The van der Waals surface area contributed by atoms with Crippen LogP contribution in [0.15, 0.2) is 77.2 Å². The number of oxazole rings is 1. The predicted molar refractivity (Wildman–Crippen MR) is 132 cm³/mol. The molecule has 0 fully saturated rings. The van der Waals surface area contributed by atoms with E-state index in [4.69, 9.17) is 4.42 Å². The largest absolute Gasteiger partial charge is 0.436 e. The maximum absolute atomic E-state index is 13.1. The number of benzene rings is 4. The van der Waals surface area contributed by atoms with Crippen molar-refractivity contribution in [2.24, 2.45) is 0 Å². The lowest BCUT2D eigenvalue weighted by atomic mass is 10.0. The third kappa shape index (κ3) is 3.76. The van der Waals surface area contributed by atoms with Crippen LogP contribution in [-0.4, -0.2) is 10.9 Å². The molecule has 0 spiro atoms. The zero-order valence-corrected chi connectivity index (χ0v) is 17.7. The molecule has 1 heterocycles. The van der Waals surface area contributed by atoms with Crippen molar-refractivity contribution in [3.63, 3.8) is 0 Å². The fraction of sp³-hybridized carbons (Fsp3) is 0.143. The summed E-state index contributed by atoms with van der Waals surface area (Å²) in [6, 6.07) is 23.6. The van der Waals surface area contributed by atoms with Gasteiger partial charge in [0.15, 0.2) is 5.58 Å². The van der Waals surface area contributed by atoms with Gasteiger partial charge in [0.1, 0.15) is 5.52 Å². The molecular formula is C28H26N2O2. The van der Waals surface area contributed by atoms with Gasteiger partial charge in [-0.2, -0.15) is 0 Å². The summed E-state index contributed by atoms with van der Waals surface area (Å²) in [5.74, 6) is 0.408. The summed E-state index contributed by atoms with van der Waals surface area (Å²) in [6.45, 7) is 6.05. The second-order valence-electron chi connectivity index (χ2n) is 7.96. The van der Waals surface area contributed by atoms with Crippen molar-refractivity contribution in [3.8, 4) is 11.5 Å². The van der Waals surface area contributed by atoms with Gasteiger partial charge in [-0.1, -0.05) is 56.0 Å². The maximum atomic E-state index is 13.1. The molecule has 1 aromatic heterocycles.